The lowest BCUT2D eigenvalue weighted by Crippen LogP contribution is -2.42. The monoisotopic (exact) mass is 463 g/mol. The second kappa shape index (κ2) is 12.9. The number of aliphatic hydroxyl groups excluding tert-OH is 1. The highest BCUT2D eigenvalue weighted by atomic mass is 28.4. The molecule has 4 nitrogen and oxygen atoms in total. The van der Waals surface area contributed by atoms with Crippen molar-refractivity contribution < 1.29 is 14.3 Å². The van der Waals surface area contributed by atoms with Gasteiger partial charge in [-0.05, 0) is 49.4 Å². The fraction of sp³-hybridized carbons (Fsp3) is 0.741. The van der Waals surface area contributed by atoms with Gasteiger partial charge in [0.1, 0.15) is 0 Å². The van der Waals surface area contributed by atoms with Crippen LogP contribution in [0.4, 0.5) is 0 Å². The van der Waals surface area contributed by atoms with E-state index in [9.17, 15) is 9.90 Å². The van der Waals surface area contributed by atoms with Crippen LogP contribution in [-0.2, 0) is 9.22 Å². The molecular formula is C27H49NO3Si. The van der Waals surface area contributed by atoms with Crippen LogP contribution in [0.25, 0.3) is 0 Å². The van der Waals surface area contributed by atoms with E-state index in [1.807, 2.05) is 51.2 Å². The first-order valence-electron chi connectivity index (χ1n) is 12.4. The molecule has 5 heteroatoms. The van der Waals surface area contributed by atoms with Crippen LogP contribution in [0.1, 0.15) is 85.3 Å². The first-order chi connectivity index (χ1) is 14.8. The van der Waals surface area contributed by atoms with Gasteiger partial charge in [-0.1, -0.05) is 84.2 Å². The van der Waals surface area contributed by atoms with Crippen molar-refractivity contribution in [3.05, 3.63) is 35.9 Å². The van der Waals surface area contributed by atoms with E-state index in [0.29, 0.717) is 5.92 Å². The number of nitrogens with zero attached hydrogens (tertiary/aromatic N) is 1. The molecule has 1 aromatic carbocycles. The zero-order valence-corrected chi connectivity index (χ0v) is 23.1. The number of hydrogen-bond acceptors (Lipinski definition) is 3. The maximum atomic E-state index is 12.9. The number of unbranched alkanes of at least 4 members (excludes halogenated alkanes) is 2. The quantitative estimate of drug-likeness (QED) is 0.258. The highest BCUT2D eigenvalue weighted by molar-refractivity contribution is 6.74. The number of benzene rings is 1. The summed E-state index contributed by atoms with van der Waals surface area (Å²) in [6.07, 6.45) is 4.83. The topological polar surface area (TPSA) is 49.8 Å². The Bertz CT molecular complexity index is 671. The lowest BCUT2D eigenvalue weighted by atomic mass is 9.91. The van der Waals surface area contributed by atoms with Crippen molar-refractivity contribution in [2.24, 2.45) is 11.8 Å². The van der Waals surface area contributed by atoms with Gasteiger partial charge in [0.2, 0.25) is 5.91 Å². The molecule has 0 aromatic heterocycles. The number of carbonyl (C=O) groups excluding carboxylic acids is 1. The zero-order chi connectivity index (χ0) is 24.5. The molecule has 0 unspecified atom stereocenters. The van der Waals surface area contributed by atoms with Crippen molar-refractivity contribution in [3.8, 4) is 0 Å². The molecule has 0 aliphatic rings. The van der Waals surface area contributed by atoms with E-state index in [0.717, 1.165) is 31.4 Å². The Hall–Kier alpha value is -1.17. The molecule has 0 aliphatic heterocycles. The van der Waals surface area contributed by atoms with E-state index in [2.05, 4.69) is 40.8 Å². The Morgan fingerprint density at radius 1 is 1.06 bits per heavy atom. The van der Waals surface area contributed by atoms with Gasteiger partial charge in [-0.15, -0.1) is 0 Å². The van der Waals surface area contributed by atoms with E-state index in [1.165, 1.54) is 12.8 Å². The van der Waals surface area contributed by atoms with Gasteiger partial charge < -0.3 is 14.4 Å². The third kappa shape index (κ3) is 8.99. The predicted octanol–water partition coefficient (Wildman–Crippen LogP) is 6.81. The van der Waals surface area contributed by atoms with E-state index < -0.39 is 14.4 Å². The summed E-state index contributed by atoms with van der Waals surface area (Å²) in [5.74, 6) is 0.586. The molecule has 0 saturated carbocycles. The molecule has 0 bridgehead atoms. The molecule has 1 aromatic rings. The minimum absolute atomic E-state index is 0.0395. The average molecular weight is 464 g/mol. The molecule has 0 radical (unpaired) electrons. The Kier molecular flexibility index (Phi) is 11.6. The standard InChI is InChI=1S/C27H49NO3Si/c1-21(16-12-11-15-19-31-32(8,9)27(4,5)6)20-22(2)26(30)28(7)23(3)25(29)24-17-13-10-14-18-24/h10,13-14,17-18,21-23,25,29H,11-12,15-16,19-20H2,1-9H3/t21-,22+,23-,25+/m1/s1. The lowest BCUT2D eigenvalue weighted by molar-refractivity contribution is -0.138. The summed E-state index contributed by atoms with van der Waals surface area (Å²) in [6.45, 7) is 18.5. The summed E-state index contributed by atoms with van der Waals surface area (Å²) in [4.78, 5) is 14.7. The highest BCUT2D eigenvalue weighted by Gasteiger charge is 2.36. The van der Waals surface area contributed by atoms with Gasteiger partial charge in [0, 0.05) is 19.6 Å². The van der Waals surface area contributed by atoms with Gasteiger partial charge in [0.25, 0.3) is 0 Å². The second-order valence-electron chi connectivity index (χ2n) is 11.2. The SMILES string of the molecule is C[C@H](CCCCCO[Si](C)(C)C(C)(C)C)C[C@H](C)C(=O)N(C)[C@H](C)[C@H](O)c1ccccc1. The summed E-state index contributed by atoms with van der Waals surface area (Å²) in [6, 6.07) is 9.31. The van der Waals surface area contributed by atoms with Crippen LogP contribution in [0.15, 0.2) is 30.3 Å². The number of hydrogen-bond donors (Lipinski definition) is 1. The van der Waals surface area contributed by atoms with E-state index in [4.69, 9.17) is 4.43 Å². The molecule has 0 fully saturated rings. The predicted molar refractivity (Wildman–Crippen MR) is 138 cm³/mol. The molecule has 1 rings (SSSR count). The second-order valence-corrected chi connectivity index (χ2v) is 16.1. The van der Waals surface area contributed by atoms with Crippen LogP contribution in [0.2, 0.25) is 18.1 Å². The van der Waals surface area contributed by atoms with E-state index in [-0.39, 0.29) is 22.9 Å². The van der Waals surface area contributed by atoms with Crippen LogP contribution >= 0.6 is 0 Å². The summed E-state index contributed by atoms with van der Waals surface area (Å²) < 4.78 is 6.27. The Morgan fingerprint density at radius 2 is 1.66 bits per heavy atom. The fourth-order valence-electron chi connectivity index (χ4n) is 3.83. The third-order valence-corrected chi connectivity index (χ3v) is 11.9. The van der Waals surface area contributed by atoms with Gasteiger partial charge >= 0.3 is 0 Å². The summed E-state index contributed by atoms with van der Waals surface area (Å²) >= 11 is 0. The molecule has 1 N–H and O–H groups in total. The number of carbonyl (C=O) groups is 1. The third-order valence-electron chi connectivity index (χ3n) is 7.34. The number of aliphatic hydroxyl groups is 1. The van der Waals surface area contributed by atoms with Crippen LogP contribution in [0.3, 0.4) is 0 Å². The first kappa shape index (κ1) is 28.9. The maximum Gasteiger partial charge on any atom is 0.225 e. The normalized spacial score (nSPS) is 16.3. The molecule has 0 heterocycles. The van der Waals surface area contributed by atoms with Crippen molar-refractivity contribution in [2.45, 2.75) is 104 Å². The van der Waals surface area contributed by atoms with Crippen molar-refractivity contribution in [2.75, 3.05) is 13.7 Å². The van der Waals surface area contributed by atoms with Crippen molar-refractivity contribution in [1.82, 2.24) is 4.90 Å². The largest absolute Gasteiger partial charge is 0.417 e. The molecule has 184 valence electrons. The highest BCUT2D eigenvalue weighted by Crippen LogP contribution is 2.36. The smallest absolute Gasteiger partial charge is 0.225 e. The summed E-state index contributed by atoms with van der Waals surface area (Å²) in [7, 11) is 0.177. The molecule has 1 amide bonds. The number of likely N-dealkylation sites (N-methyl/N-ethyl adjacent to an activating group) is 1. The molecule has 0 saturated heterocycles. The molecular weight excluding hydrogens is 414 g/mol. The summed E-state index contributed by atoms with van der Waals surface area (Å²) in [5.41, 5.74) is 0.846. The van der Waals surface area contributed by atoms with Crippen LogP contribution in [-0.4, -0.2) is 43.9 Å². The van der Waals surface area contributed by atoms with Gasteiger partial charge in [-0.2, -0.15) is 0 Å². The Morgan fingerprint density at radius 3 is 2.22 bits per heavy atom. The Labute approximate surface area is 198 Å². The molecule has 0 spiro atoms. The minimum Gasteiger partial charge on any atom is -0.417 e. The maximum absolute atomic E-state index is 12.9. The Balaban J connectivity index is 2.35. The summed E-state index contributed by atoms with van der Waals surface area (Å²) in [5, 5.41) is 10.9. The van der Waals surface area contributed by atoms with Gasteiger partial charge in [0.05, 0.1) is 12.1 Å². The zero-order valence-electron chi connectivity index (χ0n) is 22.1. The molecule has 0 aliphatic carbocycles. The molecule has 32 heavy (non-hydrogen) atoms. The van der Waals surface area contributed by atoms with E-state index >= 15 is 0 Å². The van der Waals surface area contributed by atoms with Crippen molar-refractivity contribution in [3.63, 3.8) is 0 Å². The van der Waals surface area contributed by atoms with Gasteiger partial charge in [0.15, 0.2) is 8.32 Å². The van der Waals surface area contributed by atoms with Gasteiger partial charge in [-0.3, -0.25) is 4.79 Å². The lowest BCUT2D eigenvalue weighted by Gasteiger charge is -2.36. The van der Waals surface area contributed by atoms with Crippen molar-refractivity contribution in [1.29, 1.82) is 0 Å². The number of rotatable bonds is 13. The van der Waals surface area contributed by atoms with E-state index in [1.54, 1.807) is 4.90 Å². The van der Waals surface area contributed by atoms with Crippen molar-refractivity contribution >= 4 is 14.2 Å². The minimum atomic E-state index is -1.63. The van der Waals surface area contributed by atoms with Crippen LogP contribution < -0.4 is 0 Å². The average Bonchev–Trinajstić information content (AvgIpc) is 2.73. The molecule has 4 atom stereocenters. The first-order valence-corrected chi connectivity index (χ1v) is 15.3. The number of amides is 1. The van der Waals surface area contributed by atoms with Gasteiger partial charge in [-0.25, -0.2) is 0 Å². The van der Waals surface area contributed by atoms with Crippen LogP contribution in [0, 0.1) is 11.8 Å². The fourth-order valence-corrected chi connectivity index (χ4v) is 4.91. The van der Waals surface area contributed by atoms with Crippen LogP contribution in [0.5, 0.6) is 0 Å².